The van der Waals surface area contributed by atoms with Gasteiger partial charge in [0.1, 0.15) is 11.3 Å². The third-order valence-electron chi connectivity index (χ3n) is 3.74. The SMILES string of the molecule is c1c2c(nc3c1ncn3CC1CC1)NCCC2. The topological polar surface area (TPSA) is 42.7 Å². The predicted molar refractivity (Wildman–Crippen MR) is 67.1 cm³/mol. The van der Waals surface area contributed by atoms with Crippen LogP contribution in [-0.2, 0) is 13.0 Å². The number of hydrogen-bond acceptors (Lipinski definition) is 3. The zero-order chi connectivity index (χ0) is 11.2. The Balaban J connectivity index is 1.82. The largest absolute Gasteiger partial charge is 0.370 e. The fourth-order valence-corrected chi connectivity index (χ4v) is 2.57. The van der Waals surface area contributed by atoms with Crippen LogP contribution in [-0.4, -0.2) is 21.1 Å². The molecule has 1 aliphatic heterocycles. The lowest BCUT2D eigenvalue weighted by Crippen LogP contribution is -2.13. The van der Waals surface area contributed by atoms with Gasteiger partial charge in [0.05, 0.1) is 6.33 Å². The molecule has 17 heavy (non-hydrogen) atoms. The second-order valence-electron chi connectivity index (χ2n) is 5.21. The monoisotopic (exact) mass is 228 g/mol. The number of aryl methyl sites for hydroxylation is 1. The van der Waals surface area contributed by atoms with Crippen molar-refractivity contribution in [3.05, 3.63) is 18.0 Å². The second kappa shape index (κ2) is 3.45. The quantitative estimate of drug-likeness (QED) is 0.856. The van der Waals surface area contributed by atoms with Crippen molar-refractivity contribution in [1.29, 1.82) is 0 Å². The minimum atomic E-state index is 0.859. The summed E-state index contributed by atoms with van der Waals surface area (Å²) in [4.78, 5) is 9.23. The molecule has 2 aromatic rings. The van der Waals surface area contributed by atoms with Gasteiger partial charge in [0, 0.05) is 13.1 Å². The molecule has 1 fully saturated rings. The number of nitrogens with zero attached hydrogens (tertiary/aromatic N) is 3. The average molecular weight is 228 g/mol. The summed E-state index contributed by atoms with van der Waals surface area (Å²) in [7, 11) is 0. The first-order valence-corrected chi connectivity index (χ1v) is 6.49. The minimum Gasteiger partial charge on any atom is -0.370 e. The molecule has 0 amide bonds. The van der Waals surface area contributed by atoms with E-state index < -0.39 is 0 Å². The normalized spacial score (nSPS) is 19.1. The van der Waals surface area contributed by atoms with Gasteiger partial charge in [-0.15, -0.1) is 0 Å². The summed E-state index contributed by atoms with van der Waals surface area (Å²) in [5.74, 6) is 1.93. The van der Waals surface area contributed by atoms with E-state index in [-0.39, 0.29) is 0 Å². The summed E-state index contributed by atoms with van der Waals surface area (Å²) < 4.78 is 2.21. The molecule has 1 saturated carbocycles. The van der Waals surface area contributed by atoms with Gasteiger partial charge in [-0.05, 0) is 43.2 Å². The molecule has 88 valence electrons. The number of nitrogens with one attached hydrogen (secondary N) is 1. The molecule has 0 bridgehead atoms. The summed E-state index contributed by atoms with van der Waals surface area (Å²) in [6, 6.07) is 2.20. The van der Waals surface area contributed by atoms with Crippen LogP contribution in [0.2, 0.25) is 0 Å². The van der Waals surface area contributed by atoms with E-state index in [4.69, 9.17) is 4.98 Å². The minimum absolute atomic E-state index is 0.859. The van der Waals surface area contributed by atoms with Crippen LogP contribution >= 0.6 is 0 Å². The van der Waals surface area contributed by atoms with Gasteiger partial charge in [0.2, 0.25) is 0 Å². The van der Waals surface area contributed by atoms with Crippen molar-refractivity contribution < 1.29 is 0 Å². The van der Waals surface area contributed by atoms with Crippen LogP contribution in [0.3, 0.4) is 0 Å². The standard InChI is InChI=1S/C13H16N4/c1-2-10-6-11-13(16-12(10)14-5-1)17(8-15-11)7-9-3-4-9/h6,8-9H,1-5,7H2,(H,14,16). The lowest BCUT2D eigenvalue weighted by atomic mass is 10.1. The molecular formula is C13H16N4. The number of imidazole rings is 1. The highest BCUT2D eigenvalue weighted by Gasteiger charge is 2.23. The average Bonchev–Trinajstić information content (AvgIpc) is 3.09. The first-order valence-electron chi connectivity index (χ1n) is 6.49. The van der Waals surface area contributed by atoms with E-state index in [1.165, 1.54) is 24.8 Å². The van der Waals surface area contributed by atoms with Crippen LogP contribution in [0.25, 0.3) is 11.2 Å². The van der Waals surface area contributed by atoms with Gasteiger partial charge in [-0.3, -0.25) is 0 Å². The molecule has 3 heterocycles. The van der Waals surface area contributed by atoms with E-state index in [0.29, 0.717) is 0 Å². The molecule has 4 nitrogen and oxygen atoms in total. The van der Waals surface area contributed by atoms with E-state index in [9.17, 15) is 0 Å². The smallest absolute Gasteiger partial charge is 0.162 e. The molecule has 0 aromatic carbocycles. The van der Waals surface area contributed by atoms with Crippen molar-refractivity contribution in [3.63, 3.8) is 0 Å². The molecule has 0 unspecified atom stereocenters. The van der Waals surface area contributed by atoms with E-state index in [1.54, 1.807) is 0 Å². The van der Waals surface area contributed by atoms with E-state index in [2.05, 4.69) is 20.9 Å². The lowest BCUT2D eigenvalue weighted by Gasteiger charge is -2.16. The molecule has 4 rings (SSSR count). The van der Waals surface area contributed by atoms with Crippen LogP contribution in [0.5, 0.6) is 0 Å². The zero-order valence-electron chi connectivity index (χ0n) is 9.82. The Morgan fingerprint density at radius 3 is 3.24 bits per heavy atom. The van der Waals surface area contributed by atoms with Gasteiger partial charge >= 0.3 is 0 Å². The maximum Gasteiger partial charge on any atom is 0.162 e. The summed E-state index contributed by atoms with van der Waals surface area (Å²) >= 11 is 0. The molecular weight excluding hydrogens is 212 g/mol. The van der Waals surface area contributed by atoms with Gasteiger partial charge in [0.15, 0.2) is 5.65 Å². The van der Waals surface area contributed by atoms with Crippen LogP contribution in [0.4, 0.5) is 5.82 Å². The van der Waals surface area contributed by atoms with Gasteiger partial charge in [-0.1, -0.05) is 0 Å². The van der Waals surface area contributed by atoms with Crippen LogP contribution in [0.1, 0.15) is 24.8 Å². The number of pyridine rings is 1. The highest BCUT2D eigenvalue weighted by Crippen LogP contribution is 2.32. The predicted octanol–water partition coefficient (Wildman–Crippen LogP) is 2.20. The first-order chi connectivity index (χ1) is 8.40. The molecule has 1 N–H and O–H groups in total. The molecule has 2 aliphatic rings. The Hall–Kier alpha value is -1.58. The Kier molecular flexibility index (Phi) is 1.92. The highest BCUT2D eigenvalue weighted by atomic mass is 15.1. The van der Waals surface area contributed by atoms with Gasteiger partial charge in [0.25, 0.3) is 0 Å². The van der Waals surface area contributed by atoms with Crippen LogP contribution in [0, 0.1) is 5.92 Å². The van der Waals surface area contributed by atoms with Crippen molar-refractivity contribution in [1.82, 2.24) is 14.5 Å². The van der Waals surface area contributed by atoms with Crippen molar-refractivity contribution in [2.24, 2.45) is 5.92 Å². The van der Waals surface area contributed by atoms with Gasteiger partial charge < -0.3 is 9.88 Å². The molecule has 0 radical (unpaired) electrons. The Morgan fingerprint density at radius 1 is 1.41 bits per heavy atom. The van der Waals surface area contributed by atoms with Crippen LogP contribution in [0.15, 0.2) is 12.4 Å². The second-order valence-corrected chi connectivity index (χ2v) is 5.21. The fraction of sp³-hybridized carbons (Fsp3) is 0.538. The summed E-state index contributed by atoms with van der Waals surface area (Å²) in [5, 5.41) is 3.39. The molecule has 4 heteroatoms. The summed E-state index contributed by atoms with van der Waals surface area (Å²) in [6.07, 6.45) is 7.00. The maximum absolute atomic E-state index is 4.75. The highest BCUT2D eigenvalue weighted by molar-refractivity contribution is 5.75. The number of rotatable bonds is 2. The summed E-state index contributed by atoms with van der Waals surface area (Å²) in [6.45, 7) is 2.13. The van der Waals surface area contributed by atoms with Crippen molar-refractivity contribution in [3.8, 4) is 0 Å². The van der Waals surface area contributed by atoms with Gasteiger partial charge in [-0.2, -0.15) is 0 Å². The molecule has 0 saturated heterocycles. The molecule has 0 spiro atoms. The van der Waals surface area contributed by atoms with Gasteiger partial charge in [-0.25, -0.2) is 9.97 Å². The van der Waals surface area contributed by atoms with E-state index in [1.807, 2.05) is 6.33 Å². The molecule has 1 aliphatic carbocycles. The number of fused-ring (bicyclic) bond motifs is 2. The number of anilines is 1. The number of aromatic nitrogens is 3. The number of hydrogen-bond donors (Lipinski definition) is 1. The van der Waals surface area contributed by atoms with Crippen molar-refractivity contribution in [2.75, 3.05) is 11.9 Å². The molecule has 2 aromatic heterocycles. The molecule has 0 atom stereocenters. The Labute approximate surface area is 100 Å². The first kappa shape index (κ1) is 9.45. The third-order valence-corrected chi connectivity index (χ3v) is 3.74. The maximum atomic E-state index is 4.75. The van der Waals surface area contributed by atoms with E-state index >= 15 is 0 Å². The van der Waals surface area contributed by atoms with Crippen molar-refractivity contribution >= 4 is 17.0 Å². The lowest BCUT2D eigenvalue weighted by molar-refractivity contribution is 0.638. The van der Waals surface area contributed by atoms with Crippen molar-refractivity contribution in [2.45, 2.75) is 32.2 Å². The fourth-order valence-electron chi connectivity index (χ4n) is 2.57. The van der Waals surface area contributed by atoms with E-state index in [0.717, 1.165) is 42.4 Å². The Morgan fingerprint density at radius 2 is 2.35 bits per heavy atom. The Bertz CT molecular complexity index is 568. The third kappa shape index (κ3) is 1.59. The van der Waals surface area contributed by atoms with Crippen LogP contribution < -0.4 is 5.32 Å². The summed E-state index contributed by atoms with van der Waals surface area (Å²) in [5.41, 5.74) is 3.42. The zero-order valence-corrected chi connectivity index (χ0v) is 9.82.